The minimum atomic E-state index is -2.12. The topological polar surface area (TPSA) is 15.3 Å². The van der Waals surface area contributed by atoms with Crippen LogP contribution in [0.15, 0.2) is 0 Å². The fourth-order valence-corrected chi connectivity index (χ4v) is 3.63. The molecule has 1 aromatic rings. The number of anilines is 1. The molecule has 0 radical (unpaired) electrons. The Morgan fingerprint density at radius 1 is 0.905 bits per heavy atom. The second kappa shape index (κ2) is 4.56. The molecule has 2 aliphatic heterocycles. The van der Waals surface area contributed by atoms with Crippen LogP contribution >= 0.6 is 0 Å². The molecule has 21 heavy (non-hydrogen) atoms. The number of benzene rings is 1. The van der Waals surface area contributed by atoms with Crippen LogP contribution in [0.25, 0.3) is 0 Å². The van der Waals surface area contributed by atoms with Crippen molar-refractivity contribution in [1.82, 2.24) is 5.32 Å². The Bertz CT molecular complexity index is 573. The molecular formula is C14H15F5N2. The van der Waals surface area contributed by atoms with Crippen molar-refractivity contribution in [2.24, 2.45) is 11.8 Å². The Morgan fingerprint density at radius 2 is 1.43 bits per heavy atom. The largest absolute Gasteiger partial charge is 0.361 e. The van der Waals surface area contributed by atoms with Crippen LogP contribution in [0.2, 0.25) is 0 Å². The lowest BCUT2D eigenvalue weighted by molar-refractivity contribution is 0.343. The molecule has 0 amide bonds. The number of fused-ring (bicyclic) bond motifs is 1. The van der Waals surface area contributed by atoms with E-state index in [0.29, 0.717) is 13.1 Å². The number of hydrogen-bond acceptors (Lipinski definition) is 2. The molecule has 2 aliphatic rings. The highest BCUT2D eigenvalue weighted by Gasteiger charge is 2.51. The smallest absolute Gasteiger partial charge is 0.200 e. The molecular weight excluding hydrogens is 291 g/mol. The Labute approximate surface area is 118 Å². The third-order valence-corrected chi connectivity index (χ3v) is 4.82. The molecule has 1 aromatic carbocycles. The summed E-state index contributed by atoms with van der Waals surface area (Å²) < 4.78 is 67.9. The summed E-state index contributed by atoms with van der Waals surface area (Å²) in [5.41, 5.74) is -1.50. The molecule has 0 bridgehead atoms. The Kier molecular flexibility index (Phi) is 3.16. The monoisotopic (exact) mass is 306 g/mol. The Hall–Kier alpha value is -1.37. The van der Waals surface area contributed by atoms with E-state index in [-0.39, 0.29) is 18.4 Å². The number of rotatable bonds is 1. The van der Waals surface area contributed by atoms with Gasteiger partial charge in [-0.1, -0.05) is 0 Å². The molecule has 7 heteroatoms. The van der Waals surface area contributed by atoms with E-state index in [1.807, 2.05) is 0 Å². The predicted octanol–water partition coefficient (Wildman–Crippen LogP) is 2.82. The lowest BCUT2D eigenvalue weighted by atomic mass is 9.84. The third kappa shape index (κ3) is 1.86. The van der Waals surface area contributed by atoms with Crippen LogP contribution in [-0.2, 0) is 0 Å². The van der Waals surface area contributed by atoms with E-state index in [1.165, 1.54) is 4.90 Å². The van der Waals surface area contributed by atoms with Crippen LogP contribution in [0.4, 0.5) is 27.6 Å². The summed E-state index contributed by atoms with van der Waals surface area (Å²) in [5.74, 6) is -9.18. The van der Waals surface area contributed by atoms with E-state index in [9.17, 15) is 22.0 Å². The summed E-state index contributed by atoms with van der Waals surface area (Å²) in [5, 5.41) is 3.19. The van der Waals surface area contributed by atoms with E-state index < -0.39 is 40.3 Å². The highest BCUT2D eigenvalue weighted by molar-refractivity contribution is 5.54. The van der Waals surface area contributed by atoms with Gasteiger partial charge in [0.1, 0.15) is 5.69 Å². The van der Waals surface area contributed by atoms with Gasteiger partial charge in [0.05, 0.1) is 0 Å². The summed E-state index contributed by atoms with van der Waals surface area (Å²) in [6.45, 7) is 5.15. The Morgan fingerprint density at radius 3 is 1.95 bits per heavy atom. The number of halogens is 5. The molecule has 2 saturated heterocycles. The molecule has 116 valence electrons. The van der Waals surface area contributed by atoms with E-state index in [1.54, 1.807) is 13.8 Å². The van der Waals surface area contributed by atoms with Gasteiger partial charge in [-0.2, -0.15) is 0 Å². The molecule has 2 fully saturated rings. The van der Waals surface area contributed by atoms with Gasteiger partial charge in [-0.05, 0) is 25.7 Å². The van der Waals surface area contributed by atoms with Crippen molar-refractivity contribution < 1.29 is 22.0 Å². The van der Waals surface area contributed by atoms with Gasteiger partial charge in [-0.3, -0.25) is 0 Å². The van der Waals surface area contributed by atoms with Gasteiger partial charge in [0, 0.05) is 25.2 Å². The lowest BCUT2D eigenvalue weighted by Crippen LogP contribution is -2.45. The van der Waals surface area contributed by atoms with E-state index in [2.05, 4.69) is 5.32 Å². The molecule has 0 aromatic heterocycles. The number of nitrogens with one attached hydrogen (secondary N) is 1. The lowest BCUT2D eigenvalue weighted by Gasteiger charge is -2.37. The second-order valence-corrected chi connectivity index (χ2v) is 6.21. The van der Waals surface area contributed by atoms with Crippen molar-refractivity contribution in [1.29, 1.82) is 0 Å². The van der Waals surface area contributed by atoms with Crippen LogP contribution in [0.3, 0.4) is 0 Å². The minimum absolute atomic E-state index is 0.104. The van der Waals surface area contributed by atoms with Crippen LogP contribution in [0.1, 0.15) is 13.8 Å². The maximum atomic E-state index is 14.0. The fraction of sp³-hybridized carbons (Fsp3) is 0.571. The van der Waals surface area contributed by atoms with Gasteiger partial charge >= 0.3 is 0 Å². The van der Waals surface area contributed by atoms with Gasteiger partial charge < -0.3 is 10.2 Å². The first-order chi connectivity index (χ1) is 9.76. The van der Waals surface area contributed by atoms with Gasteiger partial charge in [-0.15, -0.1) is 0 Å². The molecule has 0 aliphatic carbocycles. The third-order valence-electron chi connectivity index (χ3n) is 4.82. The predicted molar refractivity (Wildman–Crippen MR) is 67.5 cm³/mol. The average molecular weight is 306 g/mol. The molecule has 1 N–H and O–H groups in total. The summed E-state index contributed by atoms with van der Waals surface area (Å²) in [7, 11) is 0. The van der Waals surface area contributed by atoms with Crippen molar-refractivity contribution in [2.75, 3.05) is 24.5 Å². The first kappa shape index (κ1) is 14.6. The summed E-state index contributed by atoms with van der Waals surface area (Å²) in [6, 6.07) is 0. The van der Waals surface area contributed by atoms with Gasteiger partial charge in [0.2, 0.25) is 5.82 Å². The quantitative estimate of drug-likeness (QED) is 0.488. The van der Waals surface area contributed by atoms with Gasteiger partial charge in [0.25, 0.3) is 0 Å². The van der Waals surface area contributed by atoms with Gasteiger partial charge in [0.15, 0.2) is 23.3 Å². The molecule has 0 saturated carbocycles. The van der Waals surface area contributed by atoms with Crippen LogP contribution in [-0.4, -0.2) is 25.2 Å². The van der Waals surface area contributed by atoms with Crippen molar-refractivity contribution in [3.8, 4) is 0 Å². The number of hydrogen-bond donors (Lipinski definition) is 1. The maximum Gasteiger partial charge on any atom is 0.200 e. The Balaban J connectivity index is 2.14. The zero-order valence-corrected chi connectivity index (χ0v) is 11.6. The summed E-state index contributed by atoms with van der Waals surface area (Å²) >= 11 is 0. The van der Waals surface area contributed by atoms with Crippen molar-refractivity contribution in [3.05, 3.63) is 29.1 Å². The SMILES string of the molecule is CC1(C)C2CNCC2CN1c1c(F)c(F)c(F)c(F)c1F. The van der Waals surface area contributed by atoms with E-state index in [4.69, 9.17) is 0 Å². The second-order valence-electron chi connectivity index (χ2n) is 6.21. The zero-order valence-electron chi connectivity index (χ0n) is 11.6. The van der Waals surface area contributed by atoms with E-state index in [0.717, 1.165) is 0 Å². The summed E-state index contributed by atoms with van der Waals surface area (Å²) in [6.07, 6.45) is 0. The molecule has 2 nitrogen and oxygen atoms in total. The van der Waals surface area contributed by atoms with E-state index >= 15 is 0 Å². The van der Waals surface area contributed by atoms with Crippen LogP contribution in [0.5, 0.6) is 0 Å². The van der Waals surface area contributed by atoms with Crippen molar-refractivity contribution in [2.45, 2.75) is 19.4 Å². The molecule has 0 spiro atoms. The average Bonchev–Trinajstić information content (AvgIpc) is 2.98. The molecule has 2 atom stereocenters. The molecule has 2 heterocycles. The van der Waals surface area contributed by atoms with Crippen LogP contribution < -0.4 is 10.2 Å². The highest BCUT2D eigenvalue weighted by atomic mass is 19.2. The molecule has 2 unspecified atom stereocenters. The normalized spacial score (nSPS) is 27.3. The highest BCUT2D eigenvalue weighted by Crippen LogP contribution is 2.45. The maximum absolute atomic E-state index is 14.0. The van der Waals surface area contributed by atoms with Crippen LogP contribution in [0, 0.1) is 40.9 Å². The molecule has 3 rings (SSSR count). The number of nitrogens with zero attached hydrogens (tertiary/aromatic N) is 1. The summed E-state index contributed by atoms with van der Waals surface area (Å²) in [4.78, 5) is 1.32. The zero-order chi connectivity index (χ0) is 15.5. The van der Waals surface area contributed by atoms with Crippen molar-refractivity contribution >= 4 is 5.69 Å². The fourth-order valence-electron chi connectivity index (χ4n) is 3.63. The van der Waals surface area contributed by atoms with Crippen molar-refractivity contribution in [3.63, 3.8) is 0 Å². The van der Waals surface area contributed by atoms with Gasteiger partial charge in [-0.25, -0.2) is 22.0 Å². The first-order valence-electron chi connectivity index (χ1n) is 6.76. The minimum Gasteiger partial charge on any atom is -0.361 e. The standard InChI is InChI=1S/C14H15F5N2/c1-14(2)7-4-20-3-6(7)5-21(14)13-11(18)9(16)8(15)10(17)12(13)19/h6-7,20H,3-5H2,1-2H3. The first-order valence-corrected chi connectivity index (χ1v) is 6.76.